The molecular weight excluding hydrogens is 367 g/mol. The quantitative estimate of drug-likeness (QED) is 0.711. The summed E-state index contributed by atoms with van der Waals surface area (Å²) in [7, 11) is 0. The predicted octanol–water partition coefficient (Wildman–Crippen LogP) is 4.96. The fraction of sp³-hybridized carbons (Fsp3) is 0. The van der Waals surface area contributed by atoms with E-state index < -0.39 is 5.82 Å². The van der Waals surface area contributed by atoms with E-state index in [1.54, 1.807) is 24.3 Å². The summed E-state index contributed by atoms with van der Waals surface area (Å²) in [6.45, 7) is 0. The van der Waals surface area contributed by atoms with Crippen LogP contribution in [0.4, 0.5) is 4.39 Å². The van der Waals surface area contributed by atoms with Gasteiger partial charge in [0.2, 0.25) is 0 Å². The molecule has 0 radical (unpaired) electrons. The van der Waals surface area contributed by atoms with Crippen molar-refractivity contribution in [1.29, 1.82) is 0 Å². The first-order valence-corrected chi connectivity index (χ1v) is 6.56. The normalized spacial score (nSPS) is 10.2. The van der Waals surface area contributed by atoms with Crippen molar-refractivity contribution >= 4 is 38.1 Å². The number of carbonyl (C=O) groups excluding carboxylic acids is 1. The summed E-state index contributed by atoms with van der Waals surface area (Å²) < 4.78 is 20.1. The van der Waals surface area contributed by atoms with E-state index >= 15 is 0 Å². The SMILES string of the molecule is O=Cc1ccc(Br)cc1Oc1cc(F)cc(Br)c1. The maximum Gasteiger partial charge on any atom is 0.153 e. The third kappa shape index (κ3) is 3.17. The van der Waals surface area contributed by atoms with Gasteiger partial charge in [0.05, 0.1) is 5.56 Å². The number of hydrogen-bond acceptors (Lipinski definition) is 2. The van der Waals surface area contributed by atoms with Crippen LogP contribution in [0, 0.1) is 5.82 Å². The Hall–Kier alpha value is -1.20. The van der Waals surface area contributed by atoms with E-state index in [1.807, 2.05) is 0 Å². The van der Waals surface area contributed by atoms with E-state index in [4.69, 9.17) is 4.74 Å². The van der Waals surface area contributed by atoms with Gasteiger partial charge >= 0.3 is 0 Å². The highest BCUT2D eigenvalue weighted by Gasteiger charge is 2.07. The Bertz CT molecular complexity index is 579. The minimum absolute atomic E-state index is 0.322. The molecule has 0 aliphatic carbocycles. The molecule has 0 aliphatic heterocycles. The van der Waals surface area contributed by atoms with Gasteiger partial charge in [0.15, 0.2) is 6.29 Å². The Balaban J connectivity index is 2.38. The molecule has 0 spiro atoms. The zero-order chi connectivity index (χ0) is 13.1. The molecule has 0 unspecified atom stereocenters. The second kappa shape index (κ2) is 5.63. The highest BCUT2D eigenvalue weighted by molar-refractivity contribution is 9.10. The number of rotatable bonds is 3. The van der Waals surface area contributed by atoms with Crippen LogP contribution in [-0.2, 0) is 0 Å². The molecular formula is C13H7Br2FO2. The van der Waals surface area contributed by atoms with Crippen LogP contribution in [0.5, 0.6) is 11.5 Å². The lowest BCUT2D eigenvalue weighted by molar-refractivity contribution is 0.112. The highest BCUT2D eigenvalue weighted by atomic mass is 79.9. The molecule has 5 heteroatoms. The molecule has 0 N–H and O–H groups in total. The van der Waals surface area contributed by atoms with Crippen LogP contribution in [0.15, 0.2) is 45.3 Å². The van der Waals surface area contributed by atoms with Gasteiger partial charge < -0.3 is 4.74 Å². The molecule has 2 rings (SSSR count). The van der Waals surface area contributed by atoms with E-state index in [2.05, 4.69) is 31.9 Å². The van der Waals surface area contributed by atoms with Gasteiger partial charge in [0.25, 0.3) is 0 Å². The first-order valence-electron chi connectivity index (χ1n) is 4.97. The smallest absolute Gasteiger partial charge is 0.153 e. The summed E-state index contributed by atoms with van der Waals surface area (Å²) in [6, 6.07) is 9.22. The summed E-state index contributed by atoms with van der Waals surface area (Å²) in [5, 5.41) is 0. The minimum atomic E-state index is -0.415. The molecule has 18 heavy (non-hydrogen) atoms. The van der Waals surface area contributed by atoms with Crippen molar-refractivity contribution in [2.75, 3.05) is 0 Å². The Morgan fingerprint density at radius 1 is 1.06 bits per heavy atom. The molecule has 2 nitrogen and oxygen atoms in total. The molecule has 0 fully saturated rings. The average molecular weight is 374 g/mol. The van der Waals surface area contributed by atoms with Crippen molar-refractivity contribution < 1.29 is 13.9 Å². The van der Waals surface area contributed by atoms with Gasteiger partial charge in [-0.2, -0.15) is 0 Å². The van der Waals surface area contributed by atoms with Crippen molar-refractivity contribution in [2.24, 2.45) is 0 Å². The van der Waals surface area contributed by atoms with Crippen LogP contribution in [0.2, 0.25) is 0 Å². The maximum atomic E-state index is 13.2. The summed E-state index contributed by atoms with van der Waals surface area (Å²) >= 11 is 6.47. The van der Waals surface area contributed by atoms with Crippen molar-refractivity contribution in [3.8, 4) is 11.5 Å². The Kier molecular flexibility index (Phi) is 4.14. The number of ether oxygens (including phenoxy) is 1. The molecule has 2 aromatic rings. The van der Waals surface area contributed by atoms with Gasteiger partial charge in [-0.05, 0) is 30.3 Å². The largest absolute Gasteiger partial charge is 0.456 e. The average Bonchev–Trinajstić information content (AvgIpc) is 2.27. The van der Waals surface area contributed by atoms with Crippen LogP contribution >= 0.6 is 31.9 Å². The van der Waals surface area contributed by atoms with Gasteiger partial charge in [0, 0.05) is 15.0 Å². The van der Waals surface area contributed by atoms with Crippen molar-refractivity contribution in [3.05, 3.63) is 56.7 Å². The van der Waals surface area contributed by atoms with Gasteiger partial charge in [-0.25, -0.2) is 4.39 Å². The Morgan fingerprint density at radius 3 is 2.50 bits per heavy atom. The second-order valence-corrected chi connectivity index (χ2v) is 5.34. The Labute approximate surface area is 120 Å². The summed E-state index contributed by atoms with van der Waals surface area (Å²) in [5.74, 6) is 0.280. The van der Waals surface area contributed by atoms with E-state index in [1.165, 1.54) is 12.1 Å². The van der Waals surface area contributed by atoms with Crippen molar-refractivity contribution in [1.82, 2.24) is 0 Å². The highest BCUT2D eigenvalue weighted by Crippen LogP contribution is 2.29. The molecule has 0 saturated carbocycles. The number of halogens is 3. The van der Waals surface area contributed by atoms with Crippen LogP contribution < -0.4 is 4.74 Å². The fourth-order valence-corrected chi connectivity index (χ4v) is 2.19. The fourth-order valence-electron chi connectivity index (χ4n) is 1.41. The lowest BCUT2D eigenvalue weighted by atomic mass is 10.2. The zero-order valence-electron chi connectivity index (χ0n) is 8.99. The predicted molar refractivity (Wildman–Crippen MR) is 73.7 cm³/mol. The summed E-state index contributed by atoms with van der Waals surface area (Å²) in [4.78, 5) is 10.9. The molecule has 2 aromatic carbocycles. The number of aldehydes is 1. The Morgan fingerprint density at radius 2 is 1.83 bits per heavy atom. The molecule has 0 atom stereocenters. The van der Waals surface area contributed by atoms with E-state index in [-0.39, 0.29) is 0 Å². The lowest BCUT2D eigenvalue weighted by Gasteiger charge is -2.09. The van der Waals surface area contributed by atoms with Crippen LogP contribution in [0.25, 0.3) is 0 Å². The van der Waals surface area contributed by atoms with Crippen LogP contribution in [-0.4, -0.2) is 6.29 Å². The van der Waals surface area contributed by atoms with Gasteiger partial charge in [-0.3, -0.25) is 4.79 Å². The van der Waals surface area contributed by atoms with Gasteiger partial charge in [-0.15, -0.1) is 0 Å². The standard InChI is InChI=1S/C13H7Br2FO2/c14-9-2-1-8(7-17)13(5-9)18-12-4-10(15)3-11(16)6-12/h1-7H. The van der Waals surface area contributed by atoms with Gasteiger partial charge in [0.1, 0.15) is 17.3 Å². The number of carbonyl (C=O) groups is 1. The number of hydrogen-bond donors (Lipinski definition) is 0. The van der Waals surface area contributed by atoms with Crippen molar-refractivity contribution in [3.63, 3.8) is 0 Å². The zero-order valence-corrected chi connectivity index (χ0v) is 12.2. The molecule has 92 valence electrons. The number of benzene rings is 2. The topological polar surface area (TPSA) is 26.3 Å². The van der Waals surface area contributed by atoms with E-state index in [9.17, 15) is 9.18 Å². The molecule has 0 saturated heterocycles. The lowest BCUT2D eigenvalue weighted by Crippen LogP contribution is -1.91. The monoisotopic (exact) mass is 372 g/mol. The third-order valence-electron chi connectivity index (χ3n) is 2.17. The minimum Gasteiger partial charge on any atom is -0.456 e. The van der Waals surface area contributed by atoms with E-state index in [0.717, 1.165) is 4.47 Å². The first kappa shape index (κ1) is 13.2. The van der Waals surface area contributed by atoms with Gasteiger partial charge in [-0.1, -0.05) is 31.9 Å². The molecule has 0 aromatic heterocycles. The molecule has 0 heterocycles. The van der Waals surface area contributed by atoms with E-state index in [0.29, 0.717) is 27.8 Å². The van der Waals surface area contributed by atoms with Crippen LogP contribution in [0.3, 0.4) is 0 Å². The van der Waals surface area contributed by atoms with Crippen LogP contribution in [0.1, 0.15) is 10.4 Å². The second-order valence-electron chi connectivity index (χ2n) is 3.51. The molecule has 0 amide bonds. The summed E-state index contributed by atoms with van der Waals surface area (Å²) in [6.07, 6.45) is 0.691. The van der Waals surface area contributed by atoms with Crippen molar-refractivity contribution in [2.45, 2.75) is 0 Å². The molecule has 0 bridgehead atoms. The first-order chi connectivity index (χ1) is 8.58. The molecule has 0 aliphatic rings. The maximum absolute atomic E-state index is 13.2. The summed E-state index contributed by atoms with van der Waals surface area (Å²) in [5.41, 5.74) is 0.401. The third-order valence-corrected chi connectivity index (χ3v) is 3.12.